The third kappa shape index (κ3) is 4.41. The van der Waals surface area contributed by atoms with E-state index in [1.165, 1.54) is 0 Å². The van der Waals surface area contributed by atoms with Crippen molar-refractivity contribution >= 4 is 11.9 Å². The number of ether oxygens (including phenoxy) is 3. The number of hydrogen-bond donors (Lipinski definition) is 2. The second kappa shape index (κ2) is 9.64. The number of β-amino-alcohol motifs (C(OH)–C–C–N with tert-alkyl or cyclic N) is 1. The van der Waals surface area contributed by atoms with Crippen molar-refractivity contribution in [3.63, 3.8) is 0 Å². The average Bonchev–Trinajstić information content (AvgIpc) is 3.44. The van der Waals surface area contributed by atoms with Gasteiger partial charge < -0.3 is 24.6 Å². The number of rotatable bonds is 8. The quantitative estimate of drug-likeness (QED) is 0.470. The van der Waals surface area contributed by atoms with Crippen LogP contribution in [0.4, 0.5) is 4.79 Å². The number of imide groups is 1. The summed E-state index contributed by atoms with van der Waals surface area (Å²) in [5.74, 6) is 0.653. The summed E-state index contributed by atoms with van der Waals surface area (Å²) in [5, 5.41) is 13.5. The van der Waals surface area contributed by atoms with Gasteiger partial charge >= 0.3 is 6.03 Å². The fourth-order valence-corrected chi connectivity index (χ4v) is 4.61. The fourth-order valence-electron chi connectivity index (χ4n) is 4.61. The first-order valence-corrected chi connectivity index (χ1v) is 11.8. The van der Waals surface area contributed by atoms with Crippen molar-refractivity contribution in [2.24, 2.45) is 0 Å². The molecule has 0 aromatic heterocycles. The van der Waals surface area contributed by atoms with E-state index in [1.54, 1.807) is 25.1 Å². The molecule has 0 bridgehead atoms. The van der Waals surface area contributed by atoms with Crippen LogP contribution in [0.2, 0.25) is 0 Å². The summed E-state index contributed by atoms with van der Waals surface area (Å²) in [6.07, 6.45) is -1.47. The topological polar surface area (TPSA) is 97.3 Å². The van der Waals surface area contributed by atoms with Gasteiger partial charge in [-0.1, -0.05) is 60.7 Å². The predicted octanol–water partition coefficient (Wildman–Crippen LogP) is 3.66. The first-order chi connectivity index (χ1) is 17.4. The maximum Gasteiger partial charge on any atom is 0.325 e. The van der Waals surface area contributed by atoms with E-state index in [0.29, 0.717) is 17.1 Å². The number of carbonyl (C=O) groups excluding carboxylic acids is 2. The molecule has 1 fully saturated rings. The van der Waals surface area contributed by atoms with Crippen LogP contribution in [0, 0.1) is 6.92 Å². The highest BCUT2D eigenvalue weighted by atomic mass is 16.7. The SMILES string of the molecule is Cc1ccccc1[C@H](OC[C@H](O)CN1C(=O)N[C@](C)(c2ccc3c(c2)OCO3)C1=O)c1ccccc1. The number of amides is 3. The lowest BCUT2D eigenvalue weighted by Crippen LogP contribution is -2.42. The zero-order chi connectivity index (χ0) is 25.3. The average molecular weight is 489 g/mol. The summed E-state index contributed by atoms with van der Waals surface area (Å²) >= 11 is 0. The number of hydrogen-bond acceptors (Lipinski definition) is 6. The van der Waals surface area contributed by atoms with Gasteiger partial charge in [0.25, 0.3) is 5.91 Å². The number of urea groups is 1. The van der Waals surface area contributed by atoms with Gasteiger partial charge in [0, 0.05) is 0 Å². The van der Waals surface area contributed by atoms with Gasteiger partial charge in [-0.15, -0.1) is 0 Å². The van der Waals surface area contributed by atoms with E-state index in [1.807, 2.05) is 61.5 Å². The summed E-state index contributed by atoms with van der Waals surface area (Å²) in [7, 11) is 0. The summed E-state index contributed by atoms with van der Waals surface area (Å²) < 4.78 is 16.9. The first kappa shape index (κ1) is 23.8. The molecule has 3 aromatic rings. The Morgan fingerprint density at radius 1 is 1.03 bits per heavy atom. The Kier molecular flexibility index (Phi) is 6.38. The highest BCUT2D eigenvalue weighted by molar-refractivity contribution is 6.07. The Bertz CT molecular complexity index is 1280. The van der Waals surface area contributed by atoms with E-state index >= 15 is 0 Å². The van der Waals surface area contributed by atoms with E-state index in [4.69, 9.17) is 14.2 Å². The predicted molar refractivity (Wildman–Crippen MR) is 132 cm³/mol. The molecule has 2 heterocycles. The molecule has 5 rings (SSSR count). The second-order valence-corrected chi connectivity index (χ2v) is 9.17. The molecule has 3 aromatic carbocycles. The van der Waals surface area contributed by atoms with E-state index in [-0.39, 0.29) is 19.9 Å². The van der Waals surface area contributed by atoms with Gasteiger partial charge in [-0.3, -0.25) is 9.69 Å². The molecular weight excluding hydrogens is 460 g/mol. The maximum absolute atomic E-state index is 13.3. The van der Waals surface area contributed by atoms with Crippen LogP contribution in [0.5, 0.6) is 11.5 Å². The highest BCUT2D eigenvalue weighted by Gasteiger charge is 2.49. The van der Waals surface area contributed by atoms with Crippen molar-refractivity contribution in [1.29, 1.82) is 0 Å². The monoisotopic (exact) mass is 488 g/mol. The van der Waals surface area contributed by atoms with Crippen LogP contribution in [-0.4, -0.2) is 48.0 Å². The molecule has 0 saturated carbocycles. The number of aliphatic hydroxyl groups excluding tert-OH is 1. The molecule has 1 saturated heterocycles. The molecule has 186 valence electrons. The molecule has 0 unspecified atom stereocenters. The standard InChI is InChI=1S/C28H28N2O6/c1-18-8-6-7-11-22(18)25(19-9-4-3-5-10-19)34-16-21(31)15-30-26(32)28(2,29-27(30)33)20-12-13-23-24(14-20)36-17-35-23/h3-14,21,25,31H,15-17H2,1-2H3,(H,29,33)/t21-,25-,28-/m1/s1. The molecule has 8 heteroatoms. The first-order valence-electron chi connectivity index (χ1n) is 11.8. The Morgan fingerprint density at radius 3 is 2.53 bits per heavy atom. The molecule has 0 spiro atoms. The number of nitrogens with zero attached hydrogens (tertiary/aromatic N) is 1. The summed E-state index contributed by atoms with van der Waals surface area (Å²) in [6, 6.07) is 22.2. The third-order valence-corrected chi connectivity index (χ3v) is 6.65. The fraction of sp³-hybridized carbons (Fsp3) is 0.286. The van der Waals surface area contributed by atoms with Crippen LogP contribution in [0.3, 0.4) is 0 Å². The van der Waals surface area contributed by atoms with Crippen molar-refractivity contribution in [2.45, 2.75) is 31.6 Å². The third-order valence-electron chi connectivity index (χ3n) is 6.65. The zero-order valence-electron chi connectivity index (χ0n) is 20.1. The van der Waals surface area contributed by atoms with Gasteiger partial charge in [-0.2, -0.15) is 0 Å². The second-order valence-electron chi connectivity index (χ2n) is 9.17. The molecule has 0 aliphatic carbocycles. The number of aliphatic hydroxyl groups is 1. The van der Waals surface area contributed by atoms with Crippen molar-refractivity contribution in [1.82, 2.24) is 10.2 Å². The van der Waals surface area contributed by atoms with Gasteiger partial charge in [0.2, 0.25) is 6.79 Å². The van der Waals surface area contributed by atoms with Crippen LogP contribution in [0.1, 0.15) is 35.3 Å². The lowest BCUT2D eigenvalue weighted by molar-refractivity contribution is -0.132. The molecule has 2 aliphatic heterocycles. The van der Waals surface area contributed by atoms with Gasteiger partial charge in [0.05, 0.1) is 19.3 Å². The lowest BCUT2D eigenvalue weighted by Gasteiger charge is -2.25. The Morgan fingerprint density at radius 2 is 1.75 bits per heavy atom. The van der Waals surface area contributed by atoms with Gasteiger partial charge in [-0.25, -0.2) is 4.79 Å². The van der Waals surface area contributed by atoms with Crippen LogP contribution in [0.15, 0.2) is 72.8 Å². The number of benzene rings is 3. The molecule has 8 nitrogen and oxygen atoms in total. The molecule has 2 N–H and O–H groups in total. The highest BCUT2D eigenvalue weighted by Crippen LogP contribution is 2.38. The molecule has 3 atom stereocenters. The van der Waals surface area contributed by atoms with Crippen molar-refractivity contribution in [2.75, 3.05) is 19.9 Å². The number of carbonyl (C=O) groups is 2. The zero-order valence-corrected chi connectivity index (χ0v) is 20.1. The summed E-state index contributed by atoms with van der Waals surface area (Å²) in [5.41, 5.74) is 2.29. The van der Waals surface area contributed by atoms with E-state index < -0.39 is 29.7 Å². The van der Waals surface area contributed by atoms with E-state index in [9.17, 15) is 14.7 Å². The summed E-state index contributed by atoms with van der Waals surface area (Å²) in [6.45, 7) is 3.50. The lowest BCUT2D eigenvalue weighted by atomic mass is 9.91. The van der Waals surface area contributed by atoms with Crippen molar-refractivity contribution < 1.29 is 28.9 Å². The minimum atomic E-state index is -1.29. The summed E-state index contributed by atoms with van der Waals surface area (Å²) in [4.78, 5) is 27.1. The van der Waals surface area contributed by atoms with E-state index in [0.717, 1.165) is 21.6 Å². The Balaban J connectivity index is 1.29. The minimum Gasteiger partial charge on any atom is -0.454 e. The number of fused-ring (bicyclic) bond motifs is 1. The van der Waals surface area contributed by atoms with Crippen molar-refractivity contribution in [3.8, 4) is 11.5 Å². The van der Waals surface area contributed by atoms with Gasteiger partial charge in [-0.05, 0) is 48.2 Å². The minimum absolute atomic E-state index is 0.0638. The van der Waals surface area contributed by atoms with Crippen LogP contribution in [-0.2, 0) is 15.1 Å². The number of aryl methyl sites for hydroxylation is 1. The molecular formula is C28H28N2O6. The van der Waals surface area contributed by atoms with E-state index in [2.05, 4.69) is 5.32 Å². The maximum atomic E-state index is 13.3. The molecule has 0 radical (unpaired) electrons. The van der Waals surface area contributed by atoms with Crippen LogP contribution in [0.25, 0.3) is 0 Å². The van der Waals surface area contributed by atoms with Gasteiger partial charge in [0.1, 0.15) is 11.6 Å². The molecule has 36 heavy (non-hydrogen) atoms. The van der Waals surface area contributed by atoms with Gasteiger partial charge in [0.15, 0.2) is 11.5 Å². The largest absolute Gasteiger partial charge is 0.454 e. The normalized spacial score (nSPS) is 20.4. The molecule has 3 amide bonds. The number of nitrogens with one attached hydrogen (secondary N) is 1. The van der Waals surface area contributed by atoms with Crippen molar-refractivity contribution in [3.05, 3.63) is 95.1 Å². The van der Waals surface area contributed by atoms with Crippen LogP contribution >= 0.6 is 0 Å². The smallest absolute Gasteiger partial charge is 0.325 e. The Hall–Kier alpha value is -3.88. The Labute approximate surface area is 209 Å². The molecule has 2 aliphatic rings. The van der Waals surface area contributed by atoms with Crippen LogP contribution < -0.4 is 14.8 Å².